The van der Waals surface area contributed by atoms with Gasteiger partial charge in [0.2, 0.25) is 0 Å². The lowest BCUT2D eigenvalue weighted by molar-refractivity contribution is -0.141. The standard InChI is InChI=1S/C12H14FNO3S/c1-3-17-11(15)8-14-12(16-2)18-10-6-4-9(13)5-7-10/h4-7H,3,8H2,1-2H3. The average Bonchev–Trinajstić information content (AvgIpc) is 2.37. The Morgan fingerprint density at radius 1 is 1.39 bits per heavy atom. The average molecular weight is 271 g/mol. The van der Waals surface area contributed by atoms with Crippen molar-refractivity contribution in [1.29, 1.82) is 0 Å². The maximum absolute atomic E-state index is 12.7. The van der Waals surface area contributed by atoms with Crippen LogP contribution in [0.1, 0.15) is 6.92 Å². The van der Waals surface area contributed by atoms with Gasteiger partial charge in [0.25, 0.3) is 5.23 Å². The summed E-state index contributed by atoms with van der Waals surface area (Å²) in [6.45, 7) is 1.96. The van der Waals surface area contributed by atoms with Crippen LogP contribution in [0.5, 0.6) is 0 Å². The molecule has 0 radical (unpaired) electrons. The zero-order valence-electron chi connectivity index (χ0n) is 10.2. The Balaban J connectivity index is 2.58. The molecule has 0 N–H and O–H groups in total. The van der Waals surface area contributed by atoms with E-state index in [9.17, 15) is 9.18 Å². The molecule has 0 heterocycles. The summed E-state index contributed by atoms with van der Waals surface area (Å²) in [6.07, 6.45) is 0. The molecule has 0 aliphatic heterocycles. The number of thioether (sulfide) groups is 1. The molecule has 1 rings (SSSR count). The van der Waals surface area contributed by atoms with E-state index in [1.165, 1.54) is 31.0 Å². The summed E-state index contributed by atoms with van der Waals surface area (Å²) in [4.78, 5) is 15.9. The molecular formula is C12H14FNO3S. The van der Waals surface area contributed by atoms with Crippen molar-refractivity contribution in [3.05, 3.63) is 30.1 Å². The van der Waals surface area contributed by atoms with Gasteiger partial charge in [0.1, 0.15) is 12.4 Å². The lowest BCUT2D eigenvalue weighted by Gasteiger charge is -2.04. The Labute approximate surface area is 109 Å². The topological polar surface area (TPSA) is 47.9 Å². The van der Waals surface area contributed by atoms with Crippen LogP contribution in [0, 0.1) is 5.82 Å². The first-order chi connectivity index (χ1) is 8.65. The Hall–Kier alpha value is -1.56. The number of halogens is 1. The van der Waals surface area contributed by atoms with E-state index in [0.29, 0.717) is 11.8 Å². The number of benzene rings is 1. The van der Waals surface area contributed by atoms with Crippen LogP contribution in [-0.4, -0.2) is 31.5 Å². The van der Waals surface area contributed by atoms with Crippen LogP contribution in [0.15, 0.2) is 34.2 Å². The second-order valence-electron chi connectivity index (χ2n) is 3.15. The van der Waals surface area contributed by atoms with Crippen LogP contribution in [0.4, 0.5) is 4.39 Å². The van der Waals surface area contributed by atoms with Crippen LogP contribution in [0.25, 0.3) is 0 Å². The van der Waals surface area contributed by atoms with Gasteiger partial charge in [-0.05, 0) is 43.0 Å². The zero-order chi connectivity index (χ0) is 13.4. The van der Waals surface area contributed by atoms with Crippen molar-refractivity contribution in [2.75, 3.05) is 20.3 Å². The van der Waals surface area contributed by atoms with Gasteiger partial charge in [0.05, 0.1) is 13.7 Å². The fourth-order valence-corrected chi connectivity index (χ4v) is 1.76. The van der Waals surface area contributed by atoms with Crippen LogP contribution < -0.4 is 0 Å². The quantitative estimate of drug-likeness (QED) is 0.365. The molecule has 0 atom stereocenters. The van der Waals surface area contributed by atoms with E-state index < -0.39 is 5.97 Å². The van der Waals surface area contributed by atoms with Gasteiger partial charge in [-0.1, -0.05) is 0 Å². The Morgan fingerprint density at radius 3 is 2.61 bits per heavy atom. The minimum Gasteiger partial charge on any atom is -0.476 e. The minimum absolute atomic E-state index is 0.0921. The van der Waals surface area contributed by atoms with E-state index in [1.807, 2.05) is 0 Å². The molecule has 4 nitrogen and oxygen atoms in total. The molecule has 0 saturated carbocycles. The maximum Gasteiger partial charge on any atom is 0.327 e. The van der Waals surface area contributed by atoms with E-state index in [4.69, 9.17) is 9.47 Å². The first kappa shape index (κ1) is 14.5. The highest BCUT2D eigenvalue weighted by Gasteiger charge is 2.05. The summed E-state index contributed by atoms with van der Waals surface area (Å²) in [5.74, 6) is -0.714. The van der Waals surface area contributed by atoms with Crippen LogP contribution in [0.3, 0.4) is 0 Å². The number of carbonyl (C=O) groups excluding carboxylic acids is 1. The highest BCUT2D eigenvalue weighted by Crippen LogP contribution is 2.20. The smallest absolute Gasteiger partial charge is 0.327 e. The third-order valence-electron chi connectivity index (χ3n) is 1.84. The number of hydrogen-bond donors (Lipinski definition) is 0. The minimum atomic E-state index is -0.410. The molecule has 0 aliphatic carbocycles. The Bertz CT molecular complexity index is 420. The van der Waals surface area contributed by atoms with Crippen molar-refractivity contribution in [2.45, 2.75) is 11.8 Å². The monoisotopic (exact) mass is 271 g/mol. The van der Waals surface area contributed by atoms with E-state index in [-0.39, 0.29) is 12.4 Å². The van der Waals surface area contributed by atoms with Gasteiger partial charge in [-0.2, -0.15) is 0 Å². The van der Waals surface area contributed by atoms with Crippen LogP contribution in [-0.2, 0) is 14.3 Å². The summed E-state index contributed by atoms with van der Waals surface area (Å²) in [7, 11) is 1.46. The molecule has 0 aliphatic rings. The highest BCUT2D eigenvalue weighted by molar-refractivity contribution is 8.13. The lowest BCUT2D eigenvalue weighted by atomic mass is 10.4. The SMILES string of the molecule is CCOC(=O)CN=C(OC)Sc1ccc(F)cc1. The zero-order valence-corrected chi connectivity index (χ0v) is 11.0. The number of ether oxygens (including phenoxy) is 2. The fourth-order valence-electron chi connectivity index (χ4n) is 1.08. The molecule has 1 aromatic rings. The molecule has 0 unspecified atom stereocenters. The predicted molar refractivity (Wildman–Crippen MR) is 68.2 cm³/mol. The summed E-state index contributed by atoms with van der Waals surface area (Å²) < 4.78 is 22.5. The van der Waals surface area contributed by atoms with Gasteiger partial charge in [-0.15, -0.1) is 0 Å². The van der Waals surface area contributed by atoms with Crippen molar-refractivity contribution in [3.8, 4) is 0 Å². The van der Waals surface area contributed by atoms with Gasteiger partial charge >= 0.3 is 5.97 Å². The third kappa shape index (κ3) is 5.18. The number of carbonyl (C=O) groups is 1. The normalized spacial score (nSPS) is 11.2. The molecule has 0 amide bonds. The second kappa shape index (κ2) is 7.71. The fraction of sp³-hybridized carbons (Fsp3) is 0.333. The molecule has 0 fully saturated rings. The largest absolute Gasteiger partial charge is 0.476 e. The van der Waals surface area contributed by atoms with Gasteiger partial charge in [-0.3, -0.25) is 4.79 Å². The maximum atomic E-state index is 12.7. The molecule has 18 heavy (non-hydrogen) atoms. The number of rotatable bonds is 4. The van der Waals surface area contributed by atoms with Crippen LogP contribution >= 0.6 is 11.8 Å². The van der Waals surface area contributed by atoms with E-state index >= 15 is 0 Å². The highest BCUT2D eigenvalue weighted by atomic mass is 32.2. The molecule has 6 heteroatoms. The van der Waals surface area contributed by atoms with Crippen LogP contribution in [0.2, 0.25) is 0 Å². The number of hydrogen-bond acceptors (Lipinski definition) is 5. The molecule has 0 aromatic heterocycles. The van der Waals surface area contributed by atoms with Crippen molar-refractivity contribution >= 4 is 23.0 Å². The van der Waals surface area contributed by atoms with Gasteiger partial charge < -0.3 is 9.47 Å². The molecule has 0 bridgehead atoms. The number of nitrogens with zero attached hydrogens (tertiary/aromatic N) is 1. The van der Waals surface area contributed by atoms with Crippen molar-refractivity contribution in [2.24, 2.45) is 4.99 Å². The van der Waals surface area contributed by atoms with Crippen molar-refractivity contribution in [3.63, 3.8) is 0 Å². The molecule has 0 saturated heterocycles. The Morgan fingerprint density at radius 2 is 2.06 bits per heavy atom. The molecule has 98 valence electrons. The van der Waals surface area contributed by atoms with Crippen molar-refractivity contribution < 1.29 is 18.7 Å². The lowest BCUT2D eigenvalue weighted by Crippen LogP contribution is -2.09. The molecule has 0 spiro atoms. The second-order valence-corrected chi connectivity index (χ2v) is 4.17. The summed E-state index contributed by atoms with van der Waals surface area (Å²) >= 11 is 1.21. The van der Waals surface area contributed by atoms with Gasteiger partial charge in [-0.25, -0.2) is 9.38 Å². The molecule has 1 aromatic carbocycles. The van der Waals surface area contributed by atoms with Crippen molar-refractivity contribution in [1.82, 2.24) is 0 Å². The number of esters is 1. The Kier molecular flexibility index (Phi) is 6.21. The molecular weight excluding hydrogens is 257 g/mol. The summed E-state index contributed by atoms with van der Waals surface area (Å²) in [5.41, 5.74) is 0. The van der Waals surface area contributed by atoms with Gasteiger partial charge in [0, 0.05) is 4.90 Å². The predicted octanol–water partition coefficient (Wildman–Crippen LogP) is 2.48. The first-order valence-corrected chi connectivity index (χ1v) is 6.14. The van der Waals surface area contributed by atoms with Gasteiger partial charge in [0.15, 0.2) is 0 Å². The number of aliphatic imine (C=N–C) groups is 1. The third-order valence-corrected chi connectivity index (χ3v) is 2.81. The van der Waals surface area contributed by atoms with E-state index in [2.05, 4.69) is 4.99 Å². The van der Waals surface area contributed by atoms with E-state index in [0.717, 1.165) is 4.90 Å². The number of methoxy groups -OCH3 is 1. The summed E-state index contributed by atoms with van der Waals surface area (Å²) in [5, 5.41) is 0.328. The summed E-state index contributed by atoms with van der Waals surface area (Å²) in [6, 6.07) is 5.92. The first-order valence-electron chi connectivity index (χ1n) is 5.33. The van der Waals surface area contributed by atoms with E-state index in [1.54, 1.807) is 19.1 Å².